The van der Waals surface area contributed by atoms with E-state index in [-0.39, 0.29) is 29.4 Å². The molecule has 0 radical (unpaired) electrons. The molecule has 0 saturated carbocycles. The van der Waals surface area contributed by atoms with Gasteiger partial charge in [0.15, 0.2) is 5.96 Å². The fraction of sp³-hybridized carbons (Fsp3) is 0.364. The van der Waals surface area contributed by atoms with E-state index in [2.05, 4.69) is 15.6 Å². The van der Waals surface area contributed by atoms with Gasteiger partial charge in [0, 0.05) is 24.2 Å². The van der Waals surface area contributed by atoms with E-state index in [1.165, 1.54) is 0 Å². The van der Waals surface area contributed by atoms with Crippen molar-refractivity contribution >= 4 is 11.9 Å². The van der Waals surface area contributed by atoms with Crippen molar-refractivity contribution in [1.82, 2.24) is 10.6 Å². The van der Waals surface area contributed by atoms with Crippen LogP contribution in [0.1, 0.15) is 47.8 Å². The zero-order chi connectivity index (χ0) is 24.8. The maximum Gasteiger partial charge on any atom is 0.416 e. The SMILES string of the molecule is CC(C)CN=C(NC(=O)c1ccc(C(F)(F)F)cc1)NC(N)CC(N)c1cc(F)cc(F)c1. The van der Waals surface area contributed by atoms with E-state index in [1.54, 1.807) is 0 Å². The van der Waals surface area contributed by atoms with E-state index in [4.69, 9.17) is 11.5 Å². The standard InChI is InChI=1S/C22H26F5N5O/c1-12(2)11-30-21(32-20(33)13-3-5-15(6-4-13)22(25,26)27)31-19(29)10-18(28)14-7-16(23)9-17(24)8-14/h3-9,12,18-19H,10-11,28-29H2,1-2H3,(H2,30,31,32,33). The smallest absolute Gasteiger partial charge is 0.341 e. The van der Waals surface area contributed by atoms with E-state index in [9.17, 15) is 26.7 Å². The summed E-state index contributed by atoms with van der Waals surface area (Å²) in [6, 6.07) is 5.81. The highest BCUT2D eigenvalue weighted by Crippen LogP contribution is 2.29. The summed E-state index contributed by atoms with van der Waals surface area (Å²) >= 11 is 0. The van der Waals surface area contributed by atoms with Gasteiger partial charge in [-0.15, -0.1) is 0 Å². The highest BCUT2D eigenvalue weighted by molar-refractivity contribution is 6.05. The number of carbonyl (C=O) groups excluding carboxylic acids is 1. The van der Waals surface area contributed by atoms with Crippen LogP contribution in [0, 0.1) is 17.6 Å². The summed E-state index contributed by atoms with van der Waals surface area (Å²) in [6.07, 6.45) is -5.33. The fourth-order valence-corrected chi connectivity index (χ4v) is 2.82. The Morgan fingerprint density at radius 3 is 2.12 bits per heavy atom. The lowest BCUT2D eigenvalue weighted by Gasteiger charge is -2.21. The second-order valence-electron chi connectivity index (χ2n) is 7.91. The van der Waals surface area contributed by atoms with E-state index in [0.29, 0.717) is 6.54 Å². The van der Waals surface area contributed by atoms with Gasteiger partial charge >= 0.3 is 6.18 Å². The summed E-state index contributed by atoms with van der Waals surface area (Å²) in [6.45, 7) is 4.11. The van der Waals surface area contributed by atoms with Crippen LogP contribution in [-0.4, -0.2) is 24.6 Å². The van der Waals surface area contributed by atoms with Gasteiger partial charge in [0.1, 0.15) is 11.6 Å². The molecule has 2 rings (SSSR count). The maximum absolute atomic E-state index is 13.4. The minimum absolute atomic E-state index is 0.00118. The number of alkyl halides is 3. The van der Waals surface area contributed by atoms with E-state index >= 15 is 0 Å². The number of nitrogens with zero attached hydrogens (tertiary/aromatic N) is 1. The molecule has 0 heterocycles. The quantitative estimate of drug-likeness (QED) is 0.214. The Labute approximate surface area is 188 Å². The minimum atomic E-state index is -4.52. The van der Waals surface area contributed by atoms with E-state index in [1.807, 2.05) is 13.8 Å². The van der Waals surface area contributed by atoms with Crippen LogP contribution in [0.15, 0.2) is 47.5 Å². The van der Waals surface area contributed by atoms with Crippen molar-refractivity contribution in [2.45, 2.75) is 38.7 Å². The third-order valence-electron chi connectivity index (χ3n) is 4.46. The summed E-state index contributed by atoms with van der Waals surface area (Å²) in [5, 5.41) is 5.27. The molecule has 0 aliphatic heterocycles. The van der Waals surface area contributed by atoms with Crippen LogP contribution in [-0.2, 0) is 6.18 Å². The normalized spacial score (nSPS) is 14.2. The van der Waals surface area contributed by atoms with Gasteiger partial charge in [-0.05, 0) is 54.3 Å². The molecule has 2 aromatic carbocycles. The number of hydrogen-bond acceptors (Lipinski definition) is 4. The van der Waals surface area contributed by atoms with Crippen molar-refractivity contribution in [3.05, 3.63) is 70.8 Å². The molecule has 2 unspecified atom stereocenters. The molecule has 6 N–H and O–H groups in total. The number of halogens is 5. The number of carbonyl (C=O) groups is 1. The highest BCUT2D eigenvalue weighted by atomic mass is 19.4. The number of rotatable bonds is 7. The number of nitrogens with one attached hydrogen (secondary N) is 2. The molecule has 11 heteroatoms. The predicted molar refractivity (Wildman–Crippen MR) is 115 cm³/mol. The van der Waals surface area contributed by atoms with Gasteiger partial charge in [0.2, 0.25) is 0 Å². The third kappa shape index (κ3) is 8.43. The molecule has 0 saturated heterocycles. The van der Waals surface area contributed by atoms with Gasteiger partial charge in [0.25, 0.3) is 5.91 Å². The van der Waals surface area contributed by atoms with Crippen molar-refractivity contribution in [3.63, 3.8) is 0 Å². The van der Waals surface area contributed by atoms with Crippen LogP contribution >= 0.6 is 0 Å². The first-order chi connectivity index (χ1) is 15.3. The summed E-state index contributed by atoms with van der Waals surface area (Å²) in [5.41, 5.74) is 11.4. The molecule has 0 bridgehead atoms. The number of benzene rings is 2. The van der Waals surface area contributed by atoms with Crippen molar-refractivity contribution in [1.29, 1.82) is 0 Å². The minimum Gasteiger partial charge on any atom is -0.341 e. The summed E-state index contributed by atoms with van der Waals surface area (Å²) in [7, 11) is 0. The van der Waals surface area contributed by atoms with Crippen molar-refractivity contribution in [2.75, 3.05) is 6.54 Å². The van der Waals surface area contributed by atoms with Gasteiger partial charge < -0.3 is 16.8 Å². The summed E-state index contributed by atoms with van der Waals surface area (Å²) in [5.74, 6) is -2.10. The zero-order valence-corrected chi connectivity index (χ0v) is 18.1. The fourth-order valence-electron chi connectivity index (χ4n) is 2.82. The lowest BCUT2D eigenvalue weighted by Crippen LogP contribution is -2.50. The topological polar surface area (TPSA) is 106 Å². The molecule has 0 spiro atoms. The zero-order valence-electron chi connectivity index (χ0n) is 18.1. The largest absolute Gasteiger partial charge is 0.416 e. The lowest BCUT2D eigenvalue weighted by molar-refractivity contribution is -0.137. The molecule has 33 heavy (non-hydrogen) atoms. The highest BCUT2D eigenvalue weighted by Gasteiger charge is 2.30. The Balaban J connectivity index is 2.09. The van der Waals surface area contributed by atoms with Crippen LogP contribution in [0.2, 0.25) is 0 Å². The molecular formula is C22H26F5N5O. The molecule has 0 aliphatic rings. The van der Waals surface area contributed by atoms with Crippen LogP contribution in [0.5, 0.6) is 0 Å². The van der Waals surface area contributed by atoms with E-state index in [0.717, 1.165) is 42.5 Å². The average molecular weight is 471 g/mol. The summed E-state index contributed by atoms with van der Waals surface area (Å²) < 4.78 is 65.0. The Bertz CT molecular complexity index is 956. The monoisotopic (exact) mass is 471 g/mol. The molecule has 2 aromatic rings. The Morgan fingerprint density at radius 1 is 1.03 bits per heavy atom. The first kappa shape index (κ1) is 26.2. The van der Waals surface area contributed by atoms with Crippen LogP contribution < -0.4 is 22.1 Å². The lowest BCUT2D eigenvalue weighted by atomic mass is 10.0. The molecule has 0 aromatic heterocycles. The molecule has 180 valence electrons. The van der Waals surface area contributed by atoms with Crippen molar-refractivity contribution in [2.24, 2.45) is 22.4 Å². The number of guanidine groups is 1. The second kappa shape index (κ2) is 11.2. The Morgan fingerprint density at radius 2 is 1.61 bits per heavy atom. The Hall–Kier alpha value is -3.05. The molecule has 2 atom stereocenters. The molecular weight excluding hydrogens is 445 g/mol. The van der Waals surface area contributed by atoms with E-state index < -0.39 is 41.5 Å². The Kier molecular flexibility index (Phi) is 8.89. The number of aliphatic imine (C=N–C) groups is 1. The second-order valence-corrected chi connectivity index (χ2v) is 7.91. The van der Waals surface area contributed by atoms with Crippen LogP contribution in [0.25, 0.3) is 0 Å². The summed E-state index contributed by atoms with van der Waals surface area (Å²) in [4.78, 5) is 16.7. The van der Waals surface area contributed by atoms with Crippen molar-refractivity contribution in [3.8, 4) is 0 Å². The van der Waals surface area contributed by atoms with Crippen LogP contribution in [0.3, 0.4) is 0 Å². The predicted octanol–water partition coefficient (Wildman–Crippen LogP) is 3.69. The van der Waals surface area contributed by atoms with Gasteiger partial charge in [-0.2, -0.15) is 13.2 Å². The van der Waals surface area contributed by atoms with Crippen LogP contribution in [0.4, 0.5) is 22.0 Å². The number of hydrogen-bond donors (Lipinski definition) is 4. The molecule has 6 nitrogen and oxygen atoms in total. The van der Waals surface area contributed by atoms with Gasteiger partial charge in [0.05, 0.1) is 11.7 Å². The first-order valence-corrected chi connectivity index (χ1v) is 10.1. The number of amides is 1. The van der Waals surface area contributed by atoms with Crippen molar-refractivity contribution < 1.29 is 26.7 Å². The average Bonchev–Trinajstić information content (AvgIpc) is 2.70. The first-order valence-electron chi connectivity index (χ1n) is 10.1. The molecule has 0 fully saturated rings. The molecule has 1 amide bonds. The third-order valence-corrected chi connectivity index (χ3v) is 4.46. The van der Waals surface area contributed by atoms with Gasteiger partial charge in [-0.3, -0.25) is 15.1 Å². The maximum atomic E-state index is 13.4. The van der Waals surface area contributed by atoms with Gasteiger partial charge in [-0.25, -0.2) is 8.78 Å². The van der Waals surface area contributed by atoms with Gasteiger partial charge in [-0.1, -0.05) is 13.8 Å². The molecule has 0 aliphatic carbocycles. The number of nitrogens with two attached hydrogens (primary N) is 2.